The summed E-state index contributed by atoms with van der Waals surface area (Å²) in [7, 11) is -8.14. The lowest BCUT2D eigenvalue weighted by Crippen LogP contribution is -2.28. The van der Waals surface area contributed by atoms with E-state index in [2.05, 4.69) is 32.2 Å². The van der Waals surface area contributed by atoms with Crippen molar-refractivity contribution in [2.75, 3.05) is 36.2 Å². The van der Waals surface area contributed by atoms with Crippen LogP contribution in [0.4, 0.5) is 11.5 Å². The molecule has 27 heteroatoms. The van der Waals surface area contributed by atoms with Gasteiger partial charge in [0.15, 0.2) is 11.3 Å². The fraction of sp³-hybridized carbons (Fsp3) is 0.317. The molecular weight excluding hydrogens is 971 g/mol. The van der Waals surface area contributed by atoms with Crippen LogP contribution >= 0.6 is 21.6 Å². The van der Waals surface area contributed by atoms with Crippen molar-refractivity contribution in [1.29, 1.82) is 5.41 Å². The van der Waals surface area contributed by atoms with Gasteiger partial charge in [-0.25, -0.2) is 26.4 Å². The Balaban J connectivity index is 1.04. The van der Waals surface area contributed by atoms with Gasteiger partial charge in [-0.15, -0.1) is 0 Å². The first kappa shape index (κ1) is 50.9. The number of aromatic carboxylic acids is 1. The molecule has 3 aromatic rings. The van der Waals surface area contributed by atoms with E-state index in [4.69, 9.17) is 36.3 Å². The van der Waals surface area contributed by atoms with Crippen molar-refractivity contribution < 1.29 is 59.3 Å². The number of azide groups is 1. The third kappa shape index (κ3) is 11.6. The highest BCUT2D eigenvalue weighted by Crippen LogP contribution is 2.46. The number of ether oxygens (including phenoxy) is 2. The summed E-state index contributed by atoms with van der Waals surface area (Å²) in [5.74, 6) is 3.43. The fourth-order valence-electron chi connectivity index (χ4n) is 7.28. The number of anilines is 2. The lowest BCUT2D eigenvalue weighted by molar-refractivity contribution is -0.118. The fourth-order valence-corrected chi connectivity index (χ4v) is 10.7. The number of carboxylic acid groups (broad SMARTS) is 1. The molecule has 0 saturated carbocycles. The molecule has 0 radical (unpaired) electrons. The van der Waals surface area contributed by atoms with Gasteiger partial charge in [0.2, 0.25) is 0 Å². The lowest BCUT2D eigenvalue weighted by Gasteiger charge is -2.22. The second kappa shape index (κ2) is 21.7. The minimum absolute atomic E-state index is 0.0471. The summed E-state index contributed by atoms with van der Waals surface area (Å²) < 4.78 is 92.5. The molecule has 3 unspecified atom stereocenters. The Morgan fingerprint density at radius 2 is 1.79 bits per heavy atom. The highest BCUT2D eigenvalue weighted by Gasteiger charge is 2.37. The number of amides is 1. The number of nitrogens with one attached hydrogen (secondary N) is 2. The standard InChI is InChI=1S/C41H41N9O14S4/c1-2-30-31(62-20-47-49-45)18-32(63-30)50-19-22(38(44)48-41(50)55)5-3-4-6-23(51)13-15-65-66-16-14-46-39(52)21-7-8-24(27(17-21)40(53)54)33-25-9-11-28(42)36(67(56,57)58)34(25)64-35-26(33)10-12-29(43)37(35)68(59,60)61/h7-12,17,19,30-32,42H,2,4,6,13-16,18,20,43H2,1H3,(H,46,52)(H,53,54)(H2,44,48,55)(H,56,57,58)(H,59,60,61)/p-2. The zero-order valence-electron chi connectivity index (χ0n) is 35.5. The average Bonchev–Trinajstić information content (AvgIpc) is 3.68. The van der Waals surface area contributed by atoms with Gasteiger partial charge in [-0.05, 0) is 53.9 Å². The van der Waals surface area contributed by atoms with Gasteiger partial charge in [0.05, 0.1) is 34.4 Å². The first-order chi connectivity index (χ1) is 32.2. The summed E-state index contributed by atoms with van der Waals surface area (Å²) in [6.07, 6.45) is 1.50. The summed E-state index contributed by atoms with van der Waals surface area (Å²) in [5, 5.41) is 23.4. The summed E-state index contributed by atoms with van der Waals surface area (Å²) >= 11 is 0. The minimum Gasteiger partial charge on any atom is -0.744 e. The van der Waals surface area contributed by atoms with Gasteiger partial charge >= 0.3 is 11.7 Å². The molecule has 1 saturated heterocycles. The topological polar surface area (TPSA) is 389 Å². The van der Waals surface area contributed by atoms with Crippen LogP contribution in [-0.2, 0) is 34.5 Å². The Morgan fingerprint density at radius 3 is 2.49 bits per heavy atom. The van der Waals surface area contributed by atoms with Crippen molar-refractivity contribution in [2.24, 2.45) is 5.11 Å². The van der Waals surface area contributed by atoms with E-state index in [1.807, 2.05) is 6.92 Å². The first-order valence-corrected chi connectivity index (χ1v) is 25.4. The molecule has 2 aromatic carbocycles. The van der Waals surface area contributed by atoms with E-state index >= 15 is 0 Å². The average molecular weight is 1010 g/mol. The maximum absolute atomic E-state index is 13.2. The monoisotopic (exact) mass is 1010 g/mol. The van der Waals surface area contributed by atoms with Crippen molar-refractivity contribution >= 4 is 82.0 Å². The molecule has 7 N–H and O–H groups in total. The van der Waals surface area contributed by atoms with Crippen molar-refractivity contribution in [1.82, 2.24) is 14.9 Å². The smallest absolute Gasteiger partial charge is 0.351 e. The maximum atomic E-state index is 13.2. The van der Waals surface area contributed by atoms with Gasteiger partial charge < -0.3 is 44.9 Å². The molecule has 23 nitrogen and oxygen atoms in total. The van der Waals surface area contributed by atoms with E-state index < -0.39 is 87.9 Å². The maximum Gasteiger partial charge on any atom is 0.351 e. The molecule has 1 amide bonds. The van der Waals surface area contributed by atoms with E-state index in [0.29, 0.717) is 24.3 Å². The Hall–Kier alpha value is -6.47. The van der Waals surface area contributed by atoms with E-state index in [9.17, 15) is 50.2 Å². The molecule has 6 rings (SSSR count). The Morgan fingerprint density at radius 1 is 1.07 bits per heavy atom. The summed E-state index contributed by atoms with van der Waals surface area (Å²) in [6.45, 7) is 1.85. The molecular formula is C41H39N9O14S4-2. The van der Waals surface area contributed by atoms with Crippen LogP contribution in [0.3, 0.4) is 0 Å². The van der Waals surface area contributed by atoms with Gasteiger partial charge in [0, 0.05) is 76.9 Å². The number of nitrogen functional groups attached to an aromatic ring is 2. The number of Topliss-reactive ketones (excluding diaryl/α,β-unsaturated/α-hetero) is 1. The van der Waals surface area contributed by atoms with E-state index in [1.165, 1.54) is 50.6 Å². The summed E-state index contributed by atoms with van der Waals surface area (Å²) in [5.41, 5.74) is 17.3. The van der Waals surface area contributed by atoms with Gasteiger partial charge in [0.25, 0.3) is 5.91 Å². The Labute approximate surface area is 394 Å². The molecule has 3 aliphatic rings. The molecule has 68 heavy (non-hydrogen) atoms. The van der Waals surface area contributed by atoms with E-state index in [-0.39, 0.29) is 83.4 Å². The van der Waals surface area contributed by atoms with Crippen molar-refractivity contribution in [2.45, 2.75) is 67.3 Å². The van der Waals surface area contributed by atoms with Crippen molar-refractivity contribution in [3.63, 3.8) is 0 Å². The van der Waals surface area contributed by atoms with Crippen LogP contribution in [0.2, 0.25) is 0 Å². The van der Waals surface area contributed by atoms with Gasteiger partial charge in [-0.3, -0.25) is 19.6 Å². The minimum atomic E-state index is -5.48. The van der Waals surface area contributed by atoms with Crippen LogP contribution in [0.15, 0.2) is 72.8 Å². The molecule has 1 aliphatic carbocycles. The van der Waals surface area contributed by atoms with Gasteiger partial charge in [0.1, 0.15) is 54.6 Å². The zero-order chi connectivity index (χ0) is 49.5. The number of ketones is 1. The van der Waals surface area contributed by atoms with Crippen LogP contribution in [0.1, 0.15) is 71.5 Å². The number of aromatic nitrogens is 2. The molecule has 358 valence electrons. The van der Waals surface area contributed by atoms with Crippen LogP contribution in [0.5, 0.6) is 0 Å². The molecule has 1 fully saturated rings. The largest absolute Gasteiger partial charge is 0.744 e. The van der Waals surface area contributed by atoms with Crippen LogP contribution < -0.4 is 27.8 Å². The van der Waals surface area contributed by atoms with Crippen LogP contribution in [0.25, 0.3) is 43.9 Å². The number of carboxylic acids is 1. The normalized spacial score (nSPS) is 16.0. The predicted octanol–water partition coefficient (Wildman–Crippen LogP) is 4.16. The first-order valence-electron chi connectivity index (χ1n) is 20.1. The Bertz CT molecular complexity index is 3250. The number of hydrogen-bond donors (Lipinski definition) is 5. The lowest BCUT2D eigenvalue weighted by atomic mass is 9.89. The van der Waals surface area contributed by atoms with E-state index in [1.54, 1.807) is 0 Å². The van der Waals surface area contributed by atoms with Crippen LogP contribution in [0, 0.1) is 17.3 Å². The number of nitrogens with zero attached hydrogens (tertiary/aromatic N) is 5. The van der Waals surface area contributed by atoms with Crippen molar-refractivity contribution in [3.8, 4) is 34.3 Å². The molecule has 2 aliphatic heterocycles. The SMILES string of the molecule is CCC1OC(n2cc(C#CCCC(=O)CCSSCCNC(=O)c3ccc(-c4c5ccc(=N)c(S(=O)(=O)[O-])c-5oc5c(S(=O)(=O)[O-])c(N)ccc45)c(C(=O)O)c3)c(N)nc2=O)CC1OCN=[N+]=[N-]. The van der Waals surface area contributed by atoms with Crippen LogP contribution in [-0.4, -0.2) is 95.2 Å². The third-order valence-corrected chi connectivity index (χ3v) is 14.6. The highest BCUT2D eigenvalue weighted by atomic mass is 33.1. The number of hydrogen-bond acceptors (Lipinski definition) is 20. The van der Waals surface area contributed by atoms with E-state index in [0.717, 1.165) is 24.3 Å². The molecule has 3 atom stereocenters. The second-order valence-electron chi connectivity index (χ2n) is 14.7. The summed E-state index contributed by atoms with van der Waals surface area (Å²) in [6, 6.07) is 7.82. The van der Waals surface area contributed by atoms with Gasteiger partial charge in [-0.1, -0.05) is 51.5 Å². The Kier molecular flexibility index (Phi) is 16.2. The summed E-state index contributed by atoms with van der Waals surface area (Å²) in [4.78, 5) is 55.3. The molecule has 0 bridgehead atoms. The van der Waals surface area contributed by atoms with Gasteiger partial charge in [-0.2, -0.15) is 4.98 Å². The number of nitrogens with two attached hydrogens (primary N) is 2. The number of carbonyl (C=O) groups is 3. The number of carbonyl (C=O) groups excluding carboxylic acids is 2. The zero-order valence-corrected chi connectivity index (χ0v) is 38.8. The molecule has 3 heterocycles. The third-order valence-electron chi connectivity index (χ3n) is 10.3. The van der Waals surface area contributed by atoms with Crippen molar-refractivity contribution in [3.05, 3.63) is 91.6 Å². The number of fused-ring (bicyclic) bond motifs is 2. The molecule has 0 spiro atoms. The predicted molar refractivity (Wildman–Crippen MR) is 245 cm³/mol. The second-order valence-corrected chi connectivity index (χ2v) is 20.0. The number of rotatable bonds is 19. The highest BCUT2D eigenvalue weighted by molar-refractivity contribution is 8.76. The quantitative estimate of drug-likeness (QED) is 0.00892. The number of benzene rings is 3. The molecule has 1 aromatic heterocycles.